The van der Waals surface area contributed by atoms with Crippen molar-refractivity contribution in [2.45, 2.75) is 37.5 Å². The van der Waals surface area contributed by atoms with Crippen molar-refractivity contribution in [2.24, 2.45) is 17.5 Å². The quantitative estimate of drug-likeness (QED) is 0.0936. The molecule has 10 N–H and O–H groups in total. The number of nitrogens with two attached hydrogens (primary N) is 2. The first-order chi connectivity index (χ1) is 13.9. The van der Waals surface area contributed by atoms with Gasteiger partial charge in [-0.3, -0.25) is 14.3 Å². The van der Waals surface area contributed by atoms with E-state index in [2.05, 4.69) is 13.1 Å². The van der Waals surface area contributed by atoms with Crippen LogP contribution in [0.15, 0.2) is 11.6 Å². The maximum atomic E-state index is 12.3. The molecule has 8 atom stereocenters. The van der Waals surface area contributed by atoms with Crippen LogP contribution in [0, 0.1) is 5.92 Å². The second-order valence-corrected chi connectivity index (χ2v) is 11.1. The molecule has 20 heteroatoms. The summed E-state index contributed by atoms with van der Waals surface area (Å²) in [6, 6.07) is 0. The third kappa shape index (κ3) is 6.71. The van der Waals surface area contributed by atoms with E-state index >= 15 is 0 Å². The van der Waals surface area contributed by atoms with Crippen molar-refractivity contribution < 1.29 is 66.2 Å². The molecule has 0 aromatic carbocycles. The van der Waals surface area contributed by atoms with E-state index in [1.165, 1.54) is 6.08 Å². The number of carbonyl (C=O) groups excluding carboxylic acids is 1. The molecule has 2 aliphatic rings. The van der Waals surface area contributed by atoms with Crippen LogP contribution in [-0.4, -0.2) is 77.9 Å². The number of aliphatic hydroxyl groups excluding tert-OH is 2. The van der Waals surface area contributed by atoms with Gasteiger partial charge in [-0.1, -0.05) is 13.0 Å². The van der Waals surface area contributed by atoms with Crippen molar-refractivity contribution in [1.29, 1.82) is 0 Å². The van der Waals surface area contributed by atoms with Crippen LogP contribution in [0.1, 0.15) is 6.92 Å². The zero-order valence-electron chi connectivity index (χ0n) is 15.6. The fourth-order valence-corrected chi connectivity index (χ4v) is 5.85. The SMILES string of the molecule is CC1C=C([C@@H]2O[C@H](COP(=O)(O)OP(=O)(O)OP(=O)(O)O)C(O)[C@@H]2O)C(=O)N(N)C1N. The summed E-state index contributed by atoms with van der Waals surface area (Å²) in [5, 5.41) is 21.0. The number of amides is 1. The van der Waals surface area contributed by atoms with Crippen LogP contribution in [0.4, 0.5) is 0 Å². The van der Waals surface area contributed by atoms with Gasteiger partial charge >= 0.3 is 23.5 Å². The summed E-state index contributed by atoms with van der Waals surface area (Å²) in [6.45, 7) is 0.614. The maximum absolute atomic E-state index is 12.3. The molecule has 180 valence electrons. The topological polar surface area (TPSA) is 282 Å². The van der Waals surface area contributed by atoms with E-state index in [0.717, 1.165) is 0 Å². The van der Waals surface area contributed by atoms with Gasteiger partial charge in [0.2, 0.25) is 0 Å². The zero-order valence-corrected chi connectivity index (χ0v) is 18.3. The highest BCUT2D eigenvalue weighted by atomic mass is 31.3. The van der Waals surface area contributed by atoms with Gasteiger partial charge in [-0.2, -0.15) is 8.62 Å². The molecule has 0 bridgehead atoms. The summed E-state index contributed by atoms with van der Waals surface area (Å²) in [5.74, 6) is 4.35. The minimum absolute atomic E-state index is 0.135. The number of carbonyl (C=O) groups is 1. The lowest BCUT2D eigenvalue weighted by atomic mass is 9.92. The number of phosphoric ester groups is 1. The summed E-state index contributed by atoms with van der Waals surface area (Å²) in [4.78, 5) is 47.8. The molecule has 17 nitrogen and oxygen atoms in total. The Labute approximate surface area is 174 Å². The Bertz CT molecular complexity index is 877. The number of hydrogen-bond donors (Lipinski definition) is 8. The van der Waals surface area contributed by atoms with Gasteiger partial charge < -0.3 is 40.3 Å². The highest BCUT2D eigenvalue weighted by Gasteiger charge is 2.49. The summed E-state index contributed by atoms with van der Waals surface area (Å²) >= 11 is 0. The van der Waals surface area contributed by atoms with Crippen molar-refractivity contribution in [1.82, 2.24) is 5.01 Å². The van der Waals surface area contributed by atoms with Gasteiger partial charge in [0.15, 0.2) is 0 Å². The predicted octanol–water partition coefficient (Wildman–Crippen LogP) is -2.62. The summed E-state index contributed by atoms with van der Waals surface area (Å²) in [7, 11) is -16.8. The minimum Gasteiger partial charge on any atom is -0.387 e. The number of aliphatic hydroxyl groups is 2. The summed E-state index contributed by atoms with van der Waals surface area (Å²) < 4.78 is 50.4. The van der Waals surface area contributed by atoms with Crippen LogP contribution < -0.4 is 11.6 Å². The van der Waals surface area contributed by atoms with Crippen molar-refractivity contribution in [3.63, 3.8) is 0 Å². The molecule has 2 heterocycles. The van der Waals surface area contributed by atoms with Crippen LogP contribution in [0.2, 0.25) is 0 Å². The first kappa shape index (κ1) is 26.7. The number of ether oxygens (including phenoxy) is 1. The Morgan fingerprint density at radius 3 is 2.23 bits per heavy atom. The molecular weight excluding hydrogens is 491 g/mol. The predicted molar refractivity (Wildman–Crippen MR) is 96.7 cm³/mol. The molecule has 31 heavy (non-hydrogen) atoms. The molecule has 0 aliphatic carbocycles. The van der Waals surface area contributed by atoms with Crippen LogP contribution in [0.5, 0.6) is 0 Å². The Morgan fingerprint density at radius 2 is 1.68 bits per heavy atom. The standard InChI is InChI=1S/C11H22N3O14P3/c1-4-2-5(11(17)14(13)10(4)12)9-8(16)7(15)6(26-9)3-25-30(21,22)28-31(23,24)27-29(18,19)20/h2,4,6-10,15-16H,3,12-13H2,1H3,(H,21,22)(H,23,24)(H2,18,19,20)/t4?,6-,7?,8+,9+,10?/m1/s1. The zero-order chi connectivity index (χ0) is 23.9. The van der Waals surface area contributed by atoms with Gasteiger partial charge in [0.05, 0.1) is 6.61 Å². The number of nitrogens with zero attached hydrogens (tertiary/aromatic N) is 1. The van der Waals surface area contributed by atoms with Crippen LogP contribution >= 0.6 is 23.5 Å². The average Bonchev–Trinajstić information content (AvgIpc) is 2.86. The molecule has 0 aromatic heterocycles. The van der Waals surface area contributed by atoms with Crippen molar-refractivity contribution in [3.8, 4) is 0 Å². The van der Waals surface area contributed by atoms with E-state index < -0.39 is 72.5 Å². The lowest BCUT2D eigenvalue weighted by Gasteiger charge is -2.34. The van der Waals surface area contributed by atoms with E-state index in [4.69, 9.17) is 31.0 Å². The van der Waals surface area contributed by atoms with E-state index in [-0.39, 0.29) is 5.57 Å². The molecule has 2 rings (SSSR count). The van der Waals surface area contributed by atoms with Gasteiger partial charge in [-0.15, -0.1) is 0 Å². The summed E-state index contributed by atoms with van der Waals surface area (Å²) in [5.41, 5.74) is 5.60. The van der Waals surface area contributed by atoms with E-state index in [1.807, 2.05) is 0 Å². The van der Waals surface area contributed by atoms with E-state index in [1.54, 1.807) is 6.92 Å². The second kappa shape index (κ2) is 9.35. The lowest BCUT2D eigenvalue weighted by molar-refractivity contribution is -0.133. The Hall–Kier alpha value is -0.580. The molecule has 2 aliphatic heterocycles. The fraction of sp³-hybridized carbons (Fsp3) is 0.727. The number of hydrogen-bond acceptors (Lipinski definition) is 12. The Morgan fingerprint density at radius 1 is 1.10 bits per heavy atom. The third-order valence-corrected chi connectivity index (χ3v) is 8.07. The molecule has 1 saturated heterocycles. The number of phosphoric acid groups is 3. The van der Waals surface area contributed by atoms with Gasteiger partial charge in [-0.05, 0) is 0 Å². The number of rotatable bonds is 8. The molecule has 1 amide bonds. The first-order valence-corrected chi connectivity index (χ1v) is 12.8. The van der Waals surface area contributed by atoms with Gasteiger partial charge in [0.25, 0.3) is 5.91 Å². The van der Waals surface area contributed by atoms with E-state index in [9.17, 15) is 33.6 Å². The van der Waals surface area contributed by atoms with Crippen LogP contribution in [0.3, 0.4) is 0 Å². The monoisotopic (exact) mass is 513 g/mol. The Kier molecular flexibility index (Phi) is 8.04. The molecule has 0 saturated carbocycles. The highest BCUT2D eigenvalue weighted by molar-refractivity contribution is 7.66. The minimum atomic E-state index is -5.73. The molecule has 0 radical (unpaired) electrons. The highest BCUT2D eigenvalue weighted by Crippen LogP contribution is 2.66. The molecule has 5 unspecified atom stereocenters. The summed E-state index contributed by atoms with van der Waals surface area (Å²) in [6.07, 6.45) is -5.86. The number of hydrazine groups is 1. The normalized spacial score (nSPS) is 36.1. The molecule has 1 fully saturated rings. The van der Waals surface area contributed by atoms with Gasteiger partial charge in [-0.25, -0.2) is 19.5 Å². The molecule has 0 spiro atoms. The van der Waals surface area contributed by atoms with E-state index in [0.29, 0.717) is 5.01 Å². The van der Waals surface area contributed by atoms with Crippen LogP contribution in [0.25, 0.3) is 0 Å². The van der Waals surface area contributed by atoms with Crippen molar-refractivity contribution >= 4 is 29.4 Å². The third-order valence-electron chi connectivity index (χ3n) is 4.27. The molecule has 0 aromatic rings. The largest absolute Gasteiger partial charge is 0.490 e. The first-order valence-electron chi connectivity index (χ1n) is 8.29. The molecular formula is C11H22N3O14P3. The van der Waals surface area contributed by atoms with Crippen molar-refractivity contribution in [2.75, 3.05) is 6.61 Å². The van der Waals surface area contributed by atoms with Crippen LogP contribution in [-0.2, 0) is 36.4 Å². The van der Waals surface area contributed by atoms with Gasteiger partial charge in [0.1, 0.15) is 30.6 Å². The fourth-order valence-electron chi connectivity index (χ4n) is 2.82. The smallest absolute Gasteiger partial charge is 0.387 e. The lowest BCUT2D eigenvalue weighted by Crippen LogP contribution is -2.57. The average molecular weight is 513 g/mol. The van der Waals surface area contributed by atoms with Gasteiger partial charge in [0, 0.05) is 11.5 Å². The maximum Gasteiger partial charge on any atom is 0.490 e. The van der Waals surface area contributed by atoms with Crippen molar-refractivity contribution in [3.05, 3.63) is 11.6 Å². The Balaban J connectivity index is 2.06. The second-order valence-electron chi connectivity index (χ2n) is 6.65.